The number of esters is 2. The Morgan fingerprint density at radius 2 is 1.54 bits per heavy atom. The summed E-state index contributed by atoms with van der Waals surface area (Å²) in [6.45, 7) is 0. The van der Waals surface area contributed by atoms with E-state index in [-0.39, 0.29) is 5.56 Å². The first-order chi connectivity index (χ1) is 12.4. The number of carbonyl (C=O) groups is 4. The smallest absolute Gasteiger partial charge is 0.349 e. The largest absolute Gasteiger partial charge is 0.478 e. The number of benzene rings is 1. The van der Waals surface area contributed by atoms with Crippen molar-refractivity contribution in [2.24, 2.45) is 5.92 Å². The molecular formula is C18H16O8. The van der Waals surface area contributed by atoms with Gasteiger partial charge in [0.25, 0.3) is 0 Å². The molecule has 1 aromatic carbocycles. The zero-order valence-corrected chi connectivity index (χ0v) is 13.5. The zero-order valence-electron chi connectivity index (χ0n) is 13.5. The van der Waals surface area contributed by atoms with Crippen molar-refractivity contribution in [2.45, 2.75) is 18.6 Å². The zero-order chi connectivity index (χ0) is 19.1. The maximum absolute atomic E-state index is 12.1. The molecule has 1 aliphatic carbocycles. The van der Waals surface area contributed by atoms with E-state index in [9.17, 15) is 29.4 Å². The minimum atomic E-state index is -2.19. The number of ether oxygens (including phenoxy) is 2. The van der Waals surface area contributed by atoms with Gasteiger partial charge in [0.1, 0.15) is 0 Å². The molecule has 8 heteroatoms. The summed E-state index contributed by atoms with van der Waals surface area (Å²) in [5.41, 5.74) is 0.0366. The number of carboxylic acid groups (broad SMARTS) is 2. The minimum absolute atomic E-state index is 0.0366. The van der Waals surface area contributed by atoms with Gasteiger partial charge in [-0.25, -0.2) is 14.4 Å². The summed E-state index contributed by atoms with van der Waals surface area (Å²) >= 11 is 0. The molecule has 0 radical (unpaired) electrons. The minimum Gasteiger partial charge on any atom is -0.478 e. The molecule has 0 saturated carbocycles. The molecule has 0 aliphatic heterocycles. The molecule has 1 unspecified atom stereocenters. The number of rotatable bonds is 7. The number of hydrogen-bond acceptors (Lipinski definition) is 6. The fourth-order valence-electron chi connectivity index (χ4n) is 2.21. The Kier molecular flexibility index (Phi) is 6.26. The lowest BCUT2D eigenvalue weighted by atomic mass is 10.0. The lowest BCUT2D eigenvalue weighted by Gasteiger charge is -2.22. The fourth-order valence-corrected chi connectivity index (χ4v) is 2.21. The van der Waals surface area contributed by atoms with E-state index < -0.39 is 42.0 Å². The maximum atomic E-state index is 12.1. The van der Waals surface area contributed by atoms with E-state index in [1.54, 1.807) is 24.3 Å². The molecule has 0 amide bonds. The second-order valence-corrected chi connectivity index (χ2v) is 5.38. The Morgan fingerprint density at radius 3 is 2.08 bits per heavy atom. The molecule has 0 heterocycles. The summed E-state index contributed by atoms with van der Waals surface area (Å²) in [5, 5.41) is 18.5. The molecule has 1 aromatic rings. The van der Waals surface area contributed by atoms with Crippen molar-refractivity contribution in [3.05, 3.63) is 60.2 Å². The first-order valence-electron chi connectivity index (χ1n) is 7.65. The van der Waals surface area contributed by atoms with E-state index in [0.29, 0.717) is 6.42 Å². The summed E-state index contributed by atoms with van der Waals surface area (Å²) in [4.78, 5) is 47.0. The molecule has 2 N–H and O–H groups in total. The van der Waals surface area contributed by atoms with Crippen molar-refractivity contribution in [3.8, 4) is 0 Å². The van der Waals surface area contributed by atoms with E-state index in [2.05, 4.69) is 0 Å². The molecular weight excluding hydrogens is 344 g/mol. The van der Waals surface area contributed by atoms with Crippen molar-refractivity contribution < 1.29 is 38.9 Å². The van der Waals surface area contributed by atoms with Gasteiger partial charge in [0.15, 0.2) is 0 Å². The molecule has 8 nitrogen and oxygen atoms in total. The second-order valence-electron chi connectivity index (χ2n) is 5.38. The van der Waals surface area contributed by atoms with Gasteiger partial charge in [0, 0.05) is 0 Å². The van der Waals surface area contributed by atoms with E-state index in [1.807, 2.05) is 0 Å². The molecule has 0 fully saturated rings. The third kappa shape index (κ3) is 4.79. The van der Waals surface area contributed by atoms with Gasteiger partial charge in [-0.1, -0.05) is 42.5 Å². The third-order valence-corrected chi connectivity index (χ3v) is 3.53. The summed E-state index contributed by atoms with van der Waals surface area (Å²) in [6.07, 6.45) is 2.43. The maximum Gasteiger partial charge on any atom is 0.349 e. The van der Waals surface area contributed by atoms with Crippen molar-refractivity contribution in [2.75, 3.05) is 0 Å². The van der Waals surface area contributed by atoms with Crippen LogP contribution in [0.25, 0.3) is 0 Å². The number of carbonyl (C=O) groups excluding carboxylic acids is 2. The predicted octanol–water partition coefficient (Wildman–Crippen LogP) is 1.43. The van der Waals surface area contributed by atoms with Gasteiger partial charge in [-0.05, 0) is 18.6 Å². The summed E-state index contributed by atoms with van der Waals surface area (Å²) in [7, 11) is 0. The highest BCUT2D eigenvalue weighted by Gasteiger charge is 2.41. The van der Waals surface area contributed by atoms with Gasteiger partial charge in [-0.15, -0.1) is 0 Å². The van der Waals surface area contributed by atoms with E-state index in [4.69, 9.17) is 9.47 Å². The normalized spacial score (nSPS) is 17.8. The standard InChI is InChI=1S/C18H16O8/c19-15(20)13(25-17(23)11-7-3-1-4-8-11)14(16(21)22)26-18(24)12-9-5-2-6-10-12/h1-9,12-14H,10H2,(H,19,20)(H,21,22)/t12?,13-,14-/m0/s1. The molecule has 2 rings (SSSR count). The fraction of sp³-hybridized carbons (Fsp3) is 0.222. The van der Waals surface area contributed by atoms with Crippen LogP contribution in [-0.4, -0.2) is 46.3 Å². The Labute approximate surface area is 148 Å². The van der Waals surface area contributed by atoms with Gasteiger partial charge in [0.05, 0.1) is 11.5 Å². The molecule has 1 aliphatic rings. The van der Waals surface area contributed by atoms with Crippen LogP contribution in [0, 0.1) is 5.92 Å². The van der Waals surface area contributed by atoms with Crippen molar-refractivity contribution in [1.29, 1.82) is 0 Å². The van der Waals surface area contributed by atoms with Crippen LogP contribution < -0.4 is 0 Å². The van der Waals surface area contributed by atoms with Crippen LogP contribution in [0.2, 0.25) is 0 Å². The number of carboxylic acids is 2. The van der Waals surface area contributed by atoms with Crippen LogP contribution in [0.3, 0.4) is 0 Å². The summed E-state index contributed by atoms with van der Waals surface area (Å²) in [6, 6.07) is 7.46. The van der Waals surface area contributed by atoms with Crippen LogP contribution in [0.15, 0.2) is 54.6 Å². The van der Waals surface area contributed by atoms with Crippen LogP contribution in [0.5, 0.6) is 0 Å². The van der Waals surface area contributed by atoms with Crippen LogP contribution in [0.4, 0.5) is 0 Å². The highest BCUT2D eigenvalue weighted by Crippen LogP contribution is 2.17. The van der Waals surface area contributed by atoms with Gasteiger partial charge >= 0.3 is 23.9 Å². The average molecular weight is 360 g/mol. The number of hydrogen-bond donors (Lipinski definition) is 2. The van der Waals surface area contributed by atoms with Gasteiger partial charge in [-0.3, -0.25) is 4.79 Å². The molecule has 0 bridgehead atoms. The summed E-state index contributed by atoms with van der Waals surface area (Å²) < 4.78 is 9.61. The van der Waals surface area contributed by atoms with E-state index in [1.165, 1.54) is 30.3 Å². The van der Waals surface area contributed by atoms with E-state index in [0.717, 1.165) is 0 Å². The first-order valence-corrected chi connectivity index (χ1v) is 7.65. The number of allylic oxidation sites excluding steroid dienone is 3. The van der Waals surface area contributed by atoms with Crippen LogP contribution in [0.1, 0.15) is 16.8 Å². The molecule has 26 heavy (non-hydrogen) atoms. The van der Waals surface area contributed by atoms with Crippen molar-refractivity contribution in [3.63, 3.8) is 0 Å². The quantitative estimate of drug-likeness (QED) is 0.699. The highest BCUT2D eigenvalue weighted by atomic mass is 16.6. The van der Waals surface area contributed by atoms with Crippen molar-refractivity contribution in [1.82, 2.24) is 0 Å². The molecule has 0 aromatic heterocycles. The molecule has 0 saturated heterocycles. The SMILES string of the molecule is O=C(O[C@H](C(=O)O)[C@H](OC(=O)C1C=CC=CC1)C(=O)O)c1ccccc1. The van der Waals surface area contributed by atoms with Crippen LogP contribution in [-0.2, 0) is 23.9 Å². The van der Waals surface area contributed by atoms with Crippen LogP contribution >= 0.6 is 0 Å². The first kappa shape index (κ1) is 18.9. The molecule has 3 atom stereocenters. The molecule has 0 spiro atoms. The third-order valence-electron chi connectivity index (χ3n) is 3.53. The Bertz CT molecular complexity index is 750. The van der Waals surface area contributed by atoms with Gasteiger partial charge in [0.2, 0.25) is 12.2 Å². The Morgan fingerprint density at radius 1 is 0.923 bits per heavy atom. The van der Waals surface area contributed by atoms with Gasteiger partial charge in [-0.2, -0.15) is 0 Å². The second kappa shape index (κ2) is 8.61. The monoisotopic (exact) mass is 360 g/mol. The van der Waals surface area contributed by atoms with E-state index >= 15 is 0 Å². The Hall–Kier alpha value is -3.42. The average Bonchev–Trinajstić information content (AvgIpc) is 2.65. The lowest BCUT2D eigenvalue weighted by Crippen LogP contribution is -2.46. The molecule has 136 valence electrons. The predicted molar refractivity (Wildman–Crippen MR) is 87.2 cm³/mol. The van der Waals surface area contributed by atoms with Gasteiger partial charge < -0.3 is 19.7 Å². The summed E-state index contributed by atoms with van der Waals surface area (Å²) in [5.74, 6) is -6.17. The topological polar surface area (TPSA) is 127 Å². The highest BCUT2D eigenvalue weighted by molar-refractivity contribution is 5.93. The Balaban J connectivity index is 2.15. The van der Waals surface area contributed by atoms with Crippen molar-refractivity contribution >= 4 is 23.9 Å². The lowest BCUT2D eigenvalue weighted by molar-refractivity contribution is -0.180. The number of aliphatic carboxylic acids is 2.